The van der Waals surface area contributed by atoms with Crippen LogP contribution in [0.3, 0.4) is 0 Å². The minimum absolute atomic E-state index is 0.248. The van der Waals surface area contributed by atoms with Gasteiger partial charge in [-0.3, -0.25) is 10.1 Å². The highest BCUT2D eigenvalue weighted by atomic mass is 32.2. The van der Waals surface area contributed by atoms with Crippen LogP contribution in [-0.4, -0.2) is 50.9 Å². The molecule has 0 atom stereocenters. The Morgan fingerprint density at radius 1 is 1.07 bits per heavy atom. The molecule has 1 saturated heterocycles. The normalized spacial score (nSPS) is 14.7. The number of thiazole rings is 1. The molecule has 0 spiro atoms. The molecule has 1 amide bonds. The Kier molecular flexibility index (Phi) is 5.63. The second-order valence-corrected chi connectivity index (χ2v) is 9.75. The molecule has 2 heterocycles. The van der Waals surface area contributed by atoms with E-state index < -0.39 is 10.0 Å². The Hall–Kier alpha value is -2.69. The van der Waals surface area contributed by atoms with Crippen LogP contribution < -0.4 is 14.8 Å². The Morgan fingerprint density at radius 3 is 2.50 bits per heavy atom. The highest BCUT2D eigenvalue weighted by molar-refractivity contribution is 7.89. The van der Waals surface area contributed by atoms with Crippen molar-refractivity contribution >= 4 is 42.6 Å². The van der Waals surface area contributed by atoms with Crippen molar-refractivity contribution in [2.24, 2.45) is 0 Å². The number of carbonyl (C=O) groups is 1. The molecule has 8 nitrogen and oxygen atoms in total. The topological polar surface area (TPSA) is 97.8 Å². The fourth-order valence-corrected chi connectivity index (χ4v) is 5.86. The second-order valence-electron chi connectivity index (χ2n) is 6.78. The third-order valence-corrected chi connectivity index (χ3v) is 7.76. The molecule has 1 fully saturated rings. The van der Waals surface area contributed by atoms with E-state index in [4.69, 9.17) is 9.47 Å². The Morgan fingerprint density at radius 2 is 1.80 bits per heavy atom. The summed E-state index contributed by atoms with van der Waals surface area (Å²) in [5, 5.41) is 3.15. The van der Waals surface area contributed by atoms with Crippen LogP contribution in [0, 0.1) is 0 Å². The maximum Gasteiger partial charge on any atom is 0.257 e. The number of carbonyl (C=O) groups excluding carboxylic acids is 1. The van der Waals surface area contributed by atoms with E-state index >= 15 is 0 Å². The number of rotatable bonds is 6. The van der Waals surface area contributed by atoms with Gasteiger partial charge in [0.2, 0.25) is 10.0 Å². The number of amides is 1. The zero-order valence-corrected chi connectivity index (χ0v) is 18.2. The first kappa shape index (κ1) is 20.6. The molecule has 1 aromatic heterocycles. The molecular weight excluding hydrogens is 426 g/mol. The fourth-order valence-electron chi connectivity index (χ4n) is 3.34. The number of fused-ring (bicyclic) bond motifs is 1. The first-order valence-corrected chi connectivity index (χ1v) is 11.6. The van der Waals surface area contributed by atoms with Gasteiger partial charge in [0.25, 0.3) is 5.91 Å². The van der Waals surface area contributed by atoms with Crippen LogP contribution >= 0.6 is 11.3 Å². The Bertz CT molecular complexity index is 1200. The average molecular weight is 448 g/mol. The van der Waals surface area contributed by atoms with Gasteiger partial charge in [-0.2, -0.15) is 4.31 Å². The van der Waals surface area contributed by atoms with Crippen molar-refractivity contribution in [1.29, 1.82) is 0 Å². The monoisotopic (exact) mass is 447 g/mol. The van der Waals surface area contributed by atoms with E-state index in [1.807, 2.05) is 0 Å². The van der Waals surface area contributed by atoms with Crippen LogP contribution in [-0.2, 0) is 10.0 Å². The molecule has 3 aromatic rings. The van der Waals surface area contributed by atoms with E-state index in [1.54, 1.807) is 36.4 Å². The van der Waals surface area contributed by atoms with Gasteiger partial charge in [-0.15, -0.1) is 0 Å². The summed E-state index contributed by atoms with van der Waals surface area (Å²) in [6.45, 7) is 1.10. The van der Waals surface area contributed by atoms with Gasteiger partial charge in [-0.1, -0.05) is 11.3 Å². The summed E-state index contributed by atoms with van der Waals surface area (Å²) < 4.78 is 38.2. The number of sulfonamides is 1. The van der Waals surface area contributed by atoms with Crippen LogP contribution in [0.4, 0.5) is 5.13 Å². The van der Waals surface area contributed by atoms with Crippen molar-refractivity contribution < 1.29 is 22.7 Å². The number of nitrogens with zero attached hydrogens (tertiary/aromatic N) is 2. The maximum absolute atomic E-state index is 12.8. The maximum atomic E-state index is 12.8. The van der Waals surface area contributed by atoms with Gasteiger partial charge in [-0.05, 0) is 49.2 Å². The predicted octanol–water partition coefficient (Wildman–Crippen LogP) is 3.35. The fraction of sp³-hybridized carbons (Fsp3) is 0.300. The third-order valence-electron chi connectivity index (χ3n) is 4.93. The molecule has 0 bridgehead atoms. The lowest BCUT2D eigenvalue weighted by Crippen LogP contribution is -2.27. The highest BCUT2D eigenvalue weighted by Gasteiger charge is 2.27. The number of hydrogen-bond donors (Lipinski definition) is 1. The minimum atomic E-state index is -3.50. The van der Waals surface area contributed by atoms with Gasteiger partial charge in [0.05, 0.1) is 29.3 Å². The van der Waals surface area contributed by atoms with Crippen LogP contribution in [0.5, 0.6) is 11.5 Å². The van der Waals surface area contributed by atoms with Gasteiger partial charge in [-0.25, -0.2) is 13.4 Å². The van der Waals surface area contributed by atoms with Crippen molar-refractivity contribution in [2.45, 2.75) is 17.7 Å². The summed E-state index contributed by atoms with van der Waals surface area (Å²) in [5.74, 6) is 0.631. The van der Waals surface area contributed by atoms with Crippen LogP contribution in [0.25, 0.3) is 10.2 Å². The van der Waals surface area contributed by atoms with Crippen molar-refractivity contribution in [3.05, 3.63) is 42.0 Å². The van der Waals surface area contributed by atoms with Gasteiger partial charge in [0.1, 0.15) is 0 Å². The van der Waals surface area contributed by atoms with E-state index in [9.17, 15) is 13.2 Å². The summed E-state index contributed by atoms with van der Waals surface area (Å²) in [5.41, 5.74) is 1.02. The number of methoxy groups -OCH3 is 2. The Labute approximate surface area is 178 Å². The lowest BCUT2D eigenvalue weighted by molar-refractivity contribution is 0.102. The van der Waals surface area contributed by atoms with Crippen molar-refractivity contribution in [1.82, 2.24) is 9.29 Å². The molecule has 0 unspecified atom stereocenters. The minimum Gasteiger partial charge on any atom is -0.493 e. The van der Waals surface area contributed by atoms with Crippen molar-refractivity contribution in [2.75, 3.05) is 32.6 Å². The first-order valence-electron chi connectivity index (χ1n) is 9.36. The summed E-state index contributed by atoms with van der Waals surface area (Å²) in [7, 11) is -0.477. The lowest BCUT2D eigenvalue weighted by Gasteiger charge is -2.15. The molecule has 2 aromatic carbocycles. The van der Waals surface area contributed by atoms with Gasteiger partial charge in [0.15, 0.2) is 16.6 Å². The Balaban J connectivity index is 1.57. The lowest BCUT2D eigenvalue weighted by atomic mass is 10.2. The van der Waals surface area contributed by atoms with E-state index in [2.05, 4.69) is 10.3 Å². The molecule has 10 heteroatoms. The molecule has 1 N–H and O–H groups in total. The molecule has 0 aliphatic carbocycles. The number of aromatic nitrogens is 1. The zero-order valence-electron chi connectivity index (χ0n) is 16.5. The smallest absolute Gasteiger partial charge is 0.257 e. The van der Waals surface area contributed by atoms with E-state index in [0.717, 1.165) is 12.8 Å². The summed E-state index contributed by atoms with van der Waals surface area (Å²) >= 11 is 1.23. The molecule has 1 aliphatic heterocycles. The number of anilines is 1. The molecule has 30 heavy (non-hydrogen) atoms. The van der Waals surface area contributed by atoms with E-state index in [0.29, 0.717) is 45.5 Å². The quantitative estimate of drug-likeness (QED) is 0.622. The van der Waals surface area contributed by atoms with Crippen molar-refractivity contribution in [3.63, 3.8) is 0 Å². The molecular formula is C20H21N3O5S2. The second kappa shape index (κ2) is 8.21. The van der Waals surface area contributed by atoms with E-state index in [-0.39, 0.29) is 10.8 Å². The first-order chi connectivity index (χ1) is 14.4. The molecule has 4 rings (SSSR count). The molecule has 0 radical (unpaired) electrons. The third kappa shape index (κ3) is 3.85. The average Bonchev–Trinajstić information content (AvgIpc) is 3.42. The van der Waals surface area contributed by atoms with Crippen molar-refractivity contribution in [3.8, 4) is 11.5 Å². The van der Waals surface area contributed by atoms with Crippen LogP contribution in [0.1, 0.15) is 23.2 Å². The number of hydrogen-bond acceptors (Lipinski definition) is 7. The predicted molar refractivity (Wildman–Crippen MR) is 115 cm³/mol. The molecule has 158 valence electrons. The SMILES string of the molecule is COc1ccc(C(=O)Nc2nc3ccc(S(=O)(=O)N4CCCC4)cc3s2)cc1OC. The summed E-state index contributed by atoms with van der Waals surface area (Å²) in [4.78, 5) is 17.3. The molecule has 0 saturated carbocycles. The van der Waals surface area contributed by atoms with Gasteiger partial charge in [0, 0.05) is 18.7 Å². The summed E-state index contributed by atoms with van der Waals surface area (Å²) in [6, 6.07) is 9.72. The zero-order chi connectivity index (χ0) is 21.3. The van der Waals surface area contributed by atoms with E-state index in [1.165, 1.54) is 29.9 Å². The van der Waals surface area contributed by atoms with Gasteiger partial charge < -0.3 is 9.47 Å². The van der Waals surface area contributed by atoms with Crippen LogP contribution in [0.15, 0.2) is 41.3 Å². The highest BCUT2D eigenvalue weighted by Crippen LogP contribution is 2.31. The largest absolute Gasteiger partial charge is 0.493 e. The molecule has 1 aliphatic rings. The summed E-state index contributed by atoms with van der Waals surface area (Å²) in [6.07, 6.45) is 1.77. The van der Waals surface area contributed by atoms with Crippen LogP contribution in [0.2, 0.25) is 0 Å². The number of benzene rings is 2. The number of nitrogens with one attached hydrogen (secondary N) is 1. The standard InChI is InChI=1S/C20H21N3O5S2/c1-27-16-8-5-13(11-17(16)28-2)19(24)22-20-21-15-7-6-14(12-18(15)29-20)30(25,26)23-9-3-4-10-23/h5-8,11-12H,3-4,9-10H2,1-2H3,(H,21,22,24). The number of ether oxygens (including phenoxy) is 2. The van der Waals surface area contributed by atoms with Gasteiger partial charge >= 0.3 is 0 Å².